The van der Waals surface area contributed by atoms with Crippen LogP contribution in [0.15, 0.2) is 71.6 Å². The fraction of sp³-hybridized carbons (Fsp3) is 0.346. The molecule has 2 fully saturated rings. The number of hydrogen-bond donors (Lipinski definition) is 2. The first kappa shape index (κ1) is 22.8. The van der Waals surface area contributed by atoms with Crippen molar-refractivity contribution in [3.63, 3.8) is 0 Å². The van der Waals surface area contributed by atoms with Gasteiger partial charge in [-0.2, -0.15) is 4.31 Å². The molecule has 0 aromatic heterocycles. The molecule has 0 saturated heterocycles. The monoisotopic (exact) mass is 480 g/mol. The lowest BCUT2D eigenvalue weighted by Crippen LogP contribution is -2.50. The molecule has 34 heavy (non-hydrogen) atoms. The van der Waals surface area contributed by atoms with Gasteiger partial charge in [-0.1, -0.05) is 36.4 Å². The van der Waals surface area contributed by atoms with Crippen LogP contribution in [-0.2, 0) is 21.4 Å². The lowest BCUT2D eigenvalue weighted by molar-refractivity contribution is -0.136. The van der Waals surface area contributed by atoms with Crippen LogP contribution >= 0.6 is 0 Å². The Morgan fingerprint density at radius 1 is 1.03 bits per heavy atom. The zero-order valence-corrected chi connectivity index (χ0v) is 19.7. The maximum Gasteiger partial charge on any atom is 0.248 e. The molecule has 7 nitrogen and oxygen atoms in total. The number of sulfonamides is 1. The van der Waals surface area contributed by atoms with E-state index in [0.29, 0.717) is 12.4 Å². The number of fused-ring (bicyclic) bond motifs is 3. The molecule has 1 amide bonds. The summed E-state index contributed by atoms with van der Waals surface area (Å²) >= 11 is 0. The van der Waals surface area contributed by atoms with Gasteiger partial charge in [-0.25, -0.2) is 13.9 Å². The molecule has 0 radical (unpaired) electrons. The summed E-state index contributed by atoms with van der Waals surface area (Å²) in [6, 6.07) is 20.2. The van der Waals surface area contributed by atoms with Crippen molar-refractivity contribution in [1.29, 1.82) is 0 Å². The van der Waals surface area contributed by atoms with E-state index in [2.05, 4.69) is 24.3 Å². The zero-order valence-electron chi connectivity index (χ0n) is 18.9. The zero-order chi connectivity index (χ0) is 23.9. The summed E-state index contributed by atoms with van der Waals surface area (Å²) in [4.78, 5) is 12.4. The topological polar surface area (TPSA) is 95.9 Å². The number of rotatable bonds is 7. The second-order valence-electron chi connectivity index (χ2n) is 9.29. The minimum Gasteiger partial charge on any atom is -0.489 e. The molecule has 2 bridgehead atoms. The third kappa shape index (κ3) is 4.06. The van der Waals surface area contributed by atoms with Gasteiger partial charge in [0.2, 0.25) is 15.9 Å². The SMILES string of the molecule is CN([C@H]1C2CCC(C2)[C@H]1C(=O)NO)S(=O)(=O)c1ccc(OCc2ccc3ccccc3c2)cc1. The van der Waals surface area contributed by atoms with Crippen LogP contribution < -0.4 is 10.2 Å². The summed E-state index contributed by atoms with van der Waals surface area (Å²) in [6.45, 7) is 0.375. The number of hydrogen-bond acceptors (Lipinski definition) is 5. The Kier molecular flexibility index (Phi) is 6.06. The van der Waals surface area contributed by atoms with Gasteiger partial charge in [0, 0.05) is 13.1 Å². The molecule has 3 aromatic rings. The highest BCUT2D eigenvalue weighted by molar-refractivity contribution is 7.89. The number of hydroxylamine groups is 1. The van der Waals surface area contributed by atoms with Gasteiger partial charge < -0.3 is 4.74 Å². The quantitative estimate of drug-likeness (QED) is 0.394. The van der Waals surface area contributed by atoms with Gasteiger partial charge in [0.05, 0.1) is 10.8 Å². The molecule has 5 rings (SSSR count). The average molecular weight is 481 g/mol. The minimum absolute atomic E-state index is 0.102. The Hall–Kier alpha value is -2.94. The van der Waals surface area contributed by atoms with Crippen LogP contribution in [0.2, 0.25) is 0 Å². The number of ether oxygens (including phenoxy) is 1. The minimum atomic E-state index is -3.81. The lowest BCUT2D eigenvalue weighted by Gasteiger charge is -2.35. The second-order valence-corrected chi connectivity index (χ2v) is 11.3. The molecular formula is C26H28N2O5S. The van der Waals surface area contributed by atoms with E-state index in [0.717, 1.165) is 30.2 Å². The number of benzene rings is 3. The Labute approximate surface area is 199 Å². The molecule has 2 N–H and O–H groups in total. The van der Waals surface area contributed by atoms with Crippen molar-refractivity contribution >= 4 is 26.7 Å². The molecule has 0 aliphatic heterocycles. The van der Waals surface area contributed by atoms with E-state index in [4.69, 9.17) is 4.74 Å². The number of amides is 1. The van der Waals surface area contributed by atoms with E-state index >= 15 is 0 Å². The van der Waals surface area contributed by atoms with E-state index in [1.54, 1.807) is 17.6 Å². The van der Waals surface area contributed by atoms with Crippen molar-refractivity contribution in [3.05, 3.63) is 72.3 Å². The predicted octanol–water partition coefficient (Wildman–Crippen LogP) is 3.96. The molecule has 2 unspecified atom stereocenters. The molecule has 2 saturated carbocycles. The van der Waals surface area contributed by atoms with Crippen LogP contribution in [0.25, 0.3) is 10.8 Å². The van der Waals surface area contributed by atoms with Crippen LogP contribution in [-0.4, -0.2) is 36.9 Å². The molecule has 4 atom stereocenters. The first-order chi connectivity index (χ1) is 16.4. The van der Waals surface area contributed by atoms with E-state index in [1.165, 1.54) is 28.9 Å². The van der Waals surface area contributed by atoms with Gasteiger partial charge in [0.15, 0.2) is 0 Å². The Morgan fingerprint density at radius 3 is 2.47 bits per heavy atom. The van der Waals surface area contributed by atoms with Crippen LogP contribution in [0, 0.1) is 17.8 Å². The number of nitrogens with zero attached hydrogens (tertiary/aromatic N) is 1. The molecule has 0 spiro atoms. The highest BCUT2D eigenvalue weighted by atomic mass is 32.2. The molecule has 178 valence electrons. The van der Waals surface area contributed by atoms with Crippen molar-refractivity contribution in [2.75, 3.05) is 7.05 Å². The molecule has 8 heteroatoms. The summed E-state index contributed by atoms with van der Waals surface area (Å²) in [5.74, 6) is -0.237. The van der Waals surface area contributed by atoms with Crippen LogP contribution in [0.3, 0.4) is 0 Å². The maximum absolute atomic E-state index is 13.4. The Balaban J connectivity index is 1.29. The predicted molar refractivity (Wildman–Crippen MR) is 128 cm³/mol. The first-order valence-corrected chi connectivity index (χ1v) is 12.9. The molecule has 2 aliphatic rings. The highest BCUT2D eigenvalue weighted by Crippen LogP contribution is 2.51. The van der Waals surface area contributed by atoms with Crippen molar-refractivity contribution in [2.45, 2.75) is 36.8 Å². The molecule has 2 aliphatic carbocycles. The van der Waals surface area contributed by atoms with Gasteiger partial charge in [0.25, 0.3) is 0 Å². The van der Waals surface area contributed by atoms with Gasteiger partial charge in [-0.15, -0.1) is 0 Å². The van der Waals surface area contributed by atoms with Gasteiger partial charge in [-0.3, -0.25) is 10.0 Å². The highest BCUT2D eigenvalue weighted by Gasteiger charge is 2.54. The number of carbonyl (C=O) groups excluding carboxylic acids is 1. The van der Waals surface area contributed by atoms with Crippen molar-refractivity contribution in [1.82, 2.24) is 9.79 Å². The average Bonchev–Trinajstić information content (AvgIpc) is 3.48. The first-order valence-electron chi connectivity index (χ1n) is 11.5. The van der Waals surface area contributed by atoms with Crippen LogP contribution in [0.5, 0.6) is 5.75 Å². The third-order valence-corrected chi connectivity index (χ3v) is 9.30. The van der Waals surface area contributed by atoms with E-state index in [-0.39, 0.29) is 16.7 Å². The molecule has 3 aromatic carbocycles. The Bertz CT molecular complexity index is 1310. The van der Waals surface area contributed by atoms with Crippen molar-refractivity contribution in [2.24, 2.45) is 17.8 Å². The van der Waals surface area contributed by atoms with Gasteiger partial charge in [-0.05, 0) is 77.8 Å². The fourth-order valence-corrected chi connectivity index (χ4v) is 7.19. The van der Waals surface area contributed by atoms with Crippen LogP contribution in [0.4, 0.5) is 0 Å². The van der Waals surface area contributed by atoms with E-state index in [9.17, 15) is 18.4 Å². The van der Waals surface area contributed by atoms with Gasteiger partial charge in [0.1, 0.15) is 12.4 Å². The van der Waals surface area contributed by atoms with Crippen molar-refractivity contribution in [3.8, 4) is 5.75 Å². The summed E-state index contributed by atoms with van der Waals surface area (Å²) in [5.41, 5.74) is 2.76. The number of nitrogens with one attached hydrogen (secondary N) is 1. The Morgan fingerprint density at radius 2 is 1.74 bits per heavy atom. The molecule has 0 heterocycles. The summed E-state index contributed by atoms with van der Waals surface area (Å²) in [5, 5.41) is 11.5. The second kappa shape index (κ2) is 9.02. The van der Waals surface area contributed by atoms with Gasteiger partial charge >= 0.3 is 0 Å². The fourth-order valence-electron chi connectivity index (χ4n) is 5.76. The lowest BCUT2D eigenvalue weighted by atomic mass is 9.84. The summed E-state index contributed by atoms with van der Waals surface area (Å²) < 4.78 is 33.9. The maximum atomic E-state index is 13.4. The summed E-state index contributed by atoms with van der Waals surface area (Å²) in [6.07, 6.45) is 2.59. The third-order valence-electron chi connectivity index (χ3n) is 7.43. The molecular weight excluding hydrogens is 452 g/mol. The summed E-state index contributed by atoms with van der Waals surface area (Å²) in [7, 11) is -2.28. The van der Waals surface area contributed by atoms with Crippen molar-refractivity contribution < 1.29 is 23.2 Å². The standard InChI is InChI=1S/C26H28N2O5S/c1-28(25-21-9-8-20(15-21)24(25)26(29)27-30)34(31,32)23-12-10-22(11-13-23)33-16-17-6-7-18-4-2-3-5-19(18)14-17/h2-7,10-14,20-21,24-25,30H,8-9,15-16H2,1H3,(H,27,29)/t20?,21?,24-,25+/m1/s1. The largest absolute Gasteiger partial charge is 0.489 e. The smallest absolute Gasteiger partial charge is 0.248 e. The van der Waals surface area contributed by atoms with E-state index in [1.807, 2.05) is 18.2 Å². The van der Waals surface area contributed by atoms with Crippen LogP contribution in [0.1, 0.15) is 24.8 Å². The normalized spacial score (nSPS) is 24.0. The number of carbonyl (C=O) groups is 1. The van der Waals surface area contributed by atoms with E-state index < -0.39 is 27.9 Å².